The van der Waals surface area contributed by atoms with Gasteiger partial charge in [0.2, 0.25) is 0 Å². The van der Waals surface area contributed by atoms with Crippen LogP contribution in [0.1, 0.15) is 16.0 Å². The zero-order valence-electron chi connectivity index (χ0n) is 11.6. The van der Waals surface area contributed by atoms with Crippen LogP contribution in [-0.2, 0) is 0 Å². The predicted molar refractivity (Wildman–Crippen MR) is 84.5 cm³/mol. The number of hydrogen-bond donors (Lipinski definition) is 1. The number of nitrogens with zero attached hydrogens (tertiary/aromatic N) is 3. The van der Waals surface area contributed by atoms with Gasteiger partial charge in [0.15, 0.2) is 5.82 Å². The standard InChI is InChI=1S/C15H13FN4S/c1-9-10(2)21-15-13(9)14(17-8-18-15)20-19-7-11-4-3-5-12(16)6-11/h3-8H,1-2H3,(H,17,18,20)/b19-7+. The number of hydrazone groups is 1. The van der Waals surface area contributed by atoms with Gasteiger partial charge in [-0.3, -0.25) is 5.43 Å². The summed E-state index contributed by atoms with van der Waals surface area (Å²) in [5.41, 5.74) is 4.75. The number of aromatic nitrogens is 2. The summed E-state index contributed by atoms with van der Waals surface area (Å²) in [6.45, 7) is 4.10. The average Bonchev–Trinajstić information content (AvgIpc) is 2.75. The first-order chi connectivity index (χ1) is 10.1. The Hall–Kier alpha value is -2.34. The van der Waals surface area contributed by atoms with Crippen LogP contribution in [0.5, 0.6) is 0 Å². The Balaban J connectivity index is 1.89. The number of thiophene rings is 1. The Kier molecular flexibility index (Phi) is 3.62. The lowest BCUT2D eigenvalue weighted by molar-refractivity contribution is 0.627. The summed E-state index contributed by atoms with van der Waals surface area (Å²) in [6, 6.07) is 6.24. The van der Waals surface area contributed by atoms with Crippen molar-refractivity contribution >= 4 is 33.6 Å². The van der Waals surface area contributed by atoms with Crippen molar-refractivity contribution in [3.05, 3.63) is 52.4 Å². The molecular weight excluding hydrogens is 287 g/mol. The zero-order chi connectivity index (χ0) is 14.8. The second-order valence-electron chi connectivity index (χ2n) is 4.61. The third-order valence-corrected chi connectivity index (χ3v) is 4.31. The van der Waals surface area contributed by atoms with Gasteiger partial charge in [0.25, 0.3) is 0 Å². The number of hydrogen-bond acceptors (Lipinski definition) is 5. The van der Waals surface area contributed by atoms with Crippen molar-refractivity contribution in [2.24, 2.45) is 5.10 Å². The molecule has 6 heteroatoms. The summed E-state index contributed by atoms with van der Waals surface area (Å²) in [5.74, 6) is 0.377. The lowest BCUT2D eigenvalue weighted by Crippen LogP contribution is -1.95. The maximum atomic E-state index is 13.1. The fraction of sp³-hybridized carbons (Fsp3) is 0.133. The molecule has 106 valence electrons. The molecule has 0 unspecified atom stereocenters. The lowest BCUT2D eigenvalue weighted by atomic mass is 10.2. The van der Waals surface area contributed by atoms with Crippen molar-refractivity contribution in [1.82, 2.24) is 9.97 Å². The monoisotopic (exact) mass is 300 g/mol. The van der Waals surface area contributed by atoms with Crippen LogP contribution >= 0.6 is 11.3 Å². The summed E-state index contributed by atoms with van der Waals surface area (Å²) in [5, 5.41) is 5.11. The summed E-state index contributed by atoms with van der Waals surface area (Å²) >= 11 is 1.63. The Morgan fingerprint density at radius 3 is 2.95 bits per heavy atom. The summed E-state index contributed by atoms with van der Waals surface area (Å²) in [6.07, 6.45) is 3.07. The van der Waals surface area contributed by atoms with Crippen LogP contribution in [-0.4, -0.2) is 16.2 Å². The van der Waals surface area contributed by atoms with E-state index >= 15 is 0 Å². The van der Waals surface area contributed by atoms with Gasteiger partial charge in [-0.25, -0.2) is 14.4 Å². The van der Waals surface area contributed by atoms with Gasteiger partial charge in [-0.2, -0.15) is 5.10 Å². The summed E-state index contributed by atoms with van der Waals surface area (Å²) in [4.78, 5) is 10.6. The lowest BCUT2D eigenvalue weighted by Gasteiger charge is -2.01. The smallest absolute Gasteiger partial charge is 0.158 e. The molecule has 0 radical (unpaired) electrons. The van der Waals surface area contributed by atoms with Crippen LogP contribution in [0.15, 0.2) is 35.7 Å². The van der Waals surface area contributed by atoms with Gasteiger partial charge in [-0.05, 0) is 37.1 Å². The van der Waals surface area contributed by atoms with Crippen LogP contribution in [0.25, 0.3) is 10.2 Å². The van der Waals surface area contributed by atoms with Crippen LogP contribution < -0.4 is 5.43 Å². The molecule has 3 aromatic rings. The molecule has 21 heavy (non-hydrogen) atoms. The van der Waals surface area contributed by atoms with Crippen LogP contribution in [0.2, 0.25) is 0 Å². The minimum Gasteiger partial charge on any atom is -0.261 e. The van der Waals surface area contributed by atoms with Crippen molar-refractivity contribution < 1.29 is 4.39 Å². The molecule has 0 spiro atoms. The maximum Gasteiger partial charge on any atom is 0.158 e. The number of anilines is 1. The molecule has 0 saturated carbocycles. The van der Waals surface area contributed by atoms with Crippen LogP contribution in [0, 0.1) is 19.7 Å². The molecule has 0 aliphatic rings. The molecular formula is C15H13FN4S. The van der Waals surface area contributed by atoms with Gasteiger partial charge >= 0.3 is 0 Å². The highest BCUT2D eigenvalue weighted by atomic mass is 32.1. The van der Waals surface area contributed by atoms with Gasteiger partial charge in [0.1, 0.15) is 17.0 Å². The van der Waals surface area contributed by atoms with Gasteiger partial charge < -0.3 is 0 Å². The molecule has 2 heterocycles. The van der Waals surface area contributed by atoms with Crippen molar-refractivity contribution in [2.75, 3.05) is 5.43 Å². The first kappa shape index (κ1) is 13.6. The largest absolute Gasteiger partial charge is 0.261 e. The quantitative estimate of drug-likeness (QED) is 0.589. The van der Waals surface area contributed by atoms with Crippen LogP contribution in [0.4, 0.5) is 10.2 Å². The molecule has 0 amide bonds. The van der Waals surface area contributed by atoms with Gasteiger partial charge in [-0.1, -0.05) is 12.1 Å². The first-order valence-electron chi connectivity index (χ1n) is 6.40. The van der Waals surface area contributed by atoms with Gasteiger partial charge in [-0.15, -0.1) is 11.3 Å². The third-order valence-electron chi connectivity index (χ3n) is 3.20. The maximum absolute atomic E-state index is 13.1. The Bertz CT molecular complexity index is 826. The second kappa shape index (κ2) is 5.57. The highest BCUT2D eigenvalue weighted by Gasteiger charge is 2.11. The van der Waals surface area contributed by atoms with Crippen LogP contribution in [0.3, 0.4) is 0 Å². The molecule has 1 aromatic carbocycles. The Morgan fingerprint density at radius 1 is 1.29 bits per heavy atom. The molecule has 0 fully saturated rings. The Labute approximate surface area is 125 Å². The van der Waals surface area contributed by atoms with Gasteiger partial charge in [0, 0.05) is 4.88 Å². The van der Waals surface area contributed by atoms with Crippen molar-refractivity contribution in [1.29, 1.82) is 0 Å². The van der Waals surface area contributed by atoms with E-state index in [4.69, 9.17) is 0 Å². The minimum atomic E-state index is -0.285. The van der Waals surface area contributed by atoms with Crippen molar-refractivity contribution in [2.45, 2.75) is 13.8 Å². The number of aryl methyl sites for hydroxylation is 2. The average molecular weight is 300 g/mol. The van der Waals surface area contributed by atoms with E-state index in [0.29, 0.717) is 11.4 Å². The first-order valence-corrected chi connectivity index (χ1v) is 7.22. The van der Waals surface area contributed by atoms with Crippen molar-refractivity contribution in [3.63, 3.8) is 0 Å². The molecule has 0 bridgehead atoms. The number of halogens is 1. The predicted octanol–water partition coefficient (Wildman–Crippen LogP) is 3.89. The van der Waals surface area contributed by atoms with E-state index in [9.17, 15) is 4.39 Å². The molecule has 0 aliphatic carbocycles. The Morgan fingerprint density at radius 2 is 2.14 bits per heavy atom. The topological polar surface area (TPSA) is 50.2 Å². The SMILES string of the molecule is Cc1sc2ncnc(N/N=C/c3cccc(F)c3)c2c1C. The molecule has 0 saturated heterocycles. The van der Waals surface area contributed by atoms with E-state index in [0.717, 1.165) is 15.8 Å². The second-order valence-corrected chi connectivity index (χ2v) is 5.81. The van der Waals surface area contributed by atoms with E-state index in [1.54, 1.807) is 29.7 Å². The van der Waals surface area contributed by atoms with E-state index in [2.05, 4.69) is 27.4 Å². The molecule has 4 nitrogen and oxygen atoms in total. The molecule has 0 atom stereocenters. The summed E-state index contributed by atoms with van der Waals surface area (Å²) in [7, 11) is 0. The zero-order valence-corrected chi connectivity index (χ0v) is 12.4. The highest BCUT2D eigenvalue weighted by molar-refractivity contribution is 7.18. The fourth-order valence-electron chi connectivity index (χ4n) is 2.02. The normalized spacial score (nSPS) is 11.4. The van der Waals surface area contributed by atoms with E-state index in [1.807, 2.05) is 6.92 Å². The minimum absolute atomic E-state index is 0.285. The number of rotatable bonds is 3. The number of fused-ring (bicyclic) bond motifs is 1. The molecule has 1 N–H and O–H groups in total. The molecule has 0 aliphatic heterocycles. The molecule has 2 aromatic heterocycles. The van der Waals surface area contributed by atoms with Crippen molar-refractivity contribution in [3.8, 4) is 0 Å². The summed E-state index contributed by atoms with van der Waals surface area (Å²) < 4.78 is 13.1. The van der Waals surface area contributed by atoms with E-state index in [1.165, 1.54) is 23.3 Å². The molecule has 3 rings (SSSR count). The van der Waals surface area contributed by atoms with E-state index in [-0.39, 0.29) is 5.82 Å². The van der Waals surface area contributed by atoms with Gasteiger partial charge in [0.05, 0.1) is 11.6 Å². The number of benzene rings is 1. The number of nitrogens with one attached hydrogen (secondary N) is 1. The van der Waals surface area contributed by atoms with E-state index < -0.39 is 0 Å². The fourth-order valence-corrected chi connectivity index (χ4v) is 3.02. The third kappa shape index (κ3) is 2.75. The highest BCUT2D eigenvalue weighted by Crippen LogP contribution is 2.32.